The first-order valence-electron chi connectivity index (χ1n) is 8.16. The second kappa shape index (κ2) is 6.33. The molecule has 0 atom stereocenters. The largest absolute Gasteiger partial charge is 0.349 e. The number of H-pyrrole nitrogens is 1. The minimum absolute atomic E-state index is 0.415. The number of benzene rings is 2. The average Bonchev–Trinajstić information content (AvgIpc) is 3.00. The van der Waals surface area contributed by atoms with Gasteiger partial charge in [0.2, 0.25) is 0 Å². The summed E-state index contributed by atoms with van der Waals surface area (Å²) in [6.45, 7) is 4.43. The zero-order valence-electron chi connectivity index (χ0n) is 13.9. The first kappa shape index (κ1) is 15.8. The molecule has 2 aromatic carbocycles. The summed E-state index contributed by atoms with van der Waals surface area (Å²) in [5.41, 5.74) is 1.34. The highest BCUT2D eigenvalue weighted by Crippen LogP contribution is 2.20. The summed E-state index contributed by atoms with van der Waals surface area (Å²) >= 11 is 0. The van der Waals surface area contributed by atoms with Crippen molar-refractivity contribution in [2.75, 3.05) is 0 Å². The van der Waals surface area contributed by atoms with Gasteiger partial charge in [0.1, 0.15) is 0 Å². The van der Waals surface area contributed by atoms with E-state index in [1.807, 2.05) is 41.1 Å². The standard InChI is InChI=1S/C20H16N4O2/c1-2-11-23-13-14(15-7-4-6-10-18(15)23)12-21-24-19(25)16-8-3-5-9-17(16)22-20(24)26/h2-10,12-13H,1,11H2,(H,22,26). The van der Waals surface area contributed by atoms with Crippen molar-refractivity contribution in [3.05, 3.63) is 93.8 Å². The minimum atomic E-state index is -0.570. The smallest absolute Gasteiger partial charge is 0.343 e. The zero-order valence-corrected chi connectivity index (χ0v) is 13.9. The average molecular weight is 344 g/mol. The Balaban J connectivity index is 1.86. The fourth-order valence-electron chi connectivity index (χ4n) is 3.05. The molecule has 1 N–H and O–H groups in total. The lowest BCUT2D eigenvalue weighted by molar-refractivity contribution is 0.771. The van der Waals surface area contributed by atoms with Gasteiger partial charge in [0.25, 0.3) is 5.56 Å². The van der Waals surface area contributed by atoms with E-state index in [1.54, 1.807) is 24.3 Å². The van der Waals surface area contributed by atoms with Gasteiger partial charge in [-0.3, -0.25) is 4.79 Å². The summed E-state index contributed by atoms with van der Waals surface area (Å²) in [5.74, 6) is 0. The fourth-order valence-corrected chi connectivity index (χ4v) is 3.05. The van der Waals surface area contributed by atoms with Crippen LogP contribution in [0.1, 0.15) is 5.56 Å². The predicted octanol–water partition coefficient (Wildman–Crippen LogP) is 2.71. The molecule has 0 amide bonds. The number of fused-ring (bicyclic) bond motifs is 2. The first-order chi connectivity index (χ1) is 12.7. The van der Waals surface area contributed by atoms with E-state index in [-0.39, 0.29) is 0 Å². The number of rotatable bonds is 4. The van der Waals surface area contributed by atoms with Gasteiger partial charge in [-0.05, 0) is 18.2 Å². The Hall–Kier alpha value is -3.67. The molecule has 6 nitrogen and oxygen atoms in total. The molecule has 0 aliphatic carbocycles. The highest BCUT2D eigenvalue weighted by atomic mass is 16.2. The van der Waals surface area contributed by atoms with Gasteiger partial charge < -0.3 is 9.55 Å². The van der Waals surface area contributed by atoms with Crippen molar-refractivity contribution in [2.45, 2.75) is 6.54 Å². The van der Waals surface area contributed by atoms with Crippen LogP contribution >= 0.6 is 0 Å². The van der Waals surface area contributed by atoms with Crippen LogP contribution in [0.15, 0.2) is 82.1 Å². The molecule has 4 rings (SSSR count). The third-order valence-corrected chi connectivity index (χ3v) is 4.24. The van der Waals surface area contributed by atoms with E-state index in [4.69, 9.17) is 0 Å². The Morgan fingerprint density at radius 2 is 1.77 bits per heavy atom. The molecule has 2 aromatic heterocycles. The summed E-state index contributed by atoms with van der Waals surface area (Å²) in [6.07, 6.45) is 5.27. The van der Waals surface area contributed by atoms with E-state index in [9.17, 15) is 9.59 Å². The topological polar surface area (TPSA) is 72.2 Å². The van der Waals surface area contributed by atoms with Crippen LogP contribution in [0.25, 0.3) is 21.8 Å². The number of hydrogen-bond donors (Lipinski definition) is 1. The molecule has 128 valence electrons. The van der Waals surface area contributed by atoms with Gasteiger partial charge in [-0.2, -0.15) is 5.10 Å². The van der Waals surface area contributed by atoms with E-state index in [2.05, 4.69) is 16.7 Å². The van der Waals surface area contributed by atoms with Crippen molar-refractivity contribution < 1.29 is 0 Å². The quantitative estimate of drug-likeness (QED) is 0.457. The Morgan fingerprint density at radius 3 is 2.58 bits per heavy atom. The molecule has 0 radical (unpaired) electrons. The lowest BCUT2D eigenvalue weighted by atomic mass is 10.2. The summed E-state index contributed by atoms with van der Waals surface area (Å²) < 4.78 is 2.89. The van der Waals surface area contributed by atoms with Crippen LogP contribution in [-0.2, 0) is 6.54 Å². The number of nitrogens with zero attached hydrogens (tertiary/aromatic N) is 3. The molecule has 0 aliphatic heterocycles. The molecule has 6 heteroatoms. The van der Waals surface area contributed by atoms with E-state index >= 15 is 0 Å². The maximum Gasteiger partial charge on any atom is 0.349 e. The highest BCUT2D eigenvalue weighted by molar-refractivity contribution is 5.99. The summed E-state index contributed by atoms with van der Waals surface area (Å²) in [5, 5.41) is 5.55. The van der Waals surface area contributed by atoms with Crippen LogP contribution in [-0.4, -0.2) is 20.4 Å². The van der Waals surface area contributed by atoms with Crippen LogP contribution in [0.5, 0.6) is 0 Å². The number of nitrogens with one attached hydrogen (secondary N) is 1. The molecule has 0 aliphatic rings. The van der Waals surface area contributed by atoms with Crippen molar-refractivity contribution in [3.63, 3.8) is 0 Å². The number of aromatic amines is 1. The summed E-state index contributed by atoms with van der Waals surface area (Å²) in [4.78, 5) is 27.4. The van der Waals surface area contributed by atoms with Crippen molar-refractivity contribution in [3.8, 4) is 0 Å². The van der Waals surface area contributed by atoms with Crippen molar-refractivity contribution in [1.82, 2.24) is 14.2 Å². The van der Waals surface area contributed by atoms with Gasteiger partial charge in [0.15, 0.2) is 0 Å². The third-order valence-electron chi connectivity index (χ3n) is 4.24. The second-order valence-electron chi connectivity index (χ2n) is 5.88. The second-order valence-corrected chi connectivity index (χ2v) is 5.88. The normalized spacial score (nSPS) is 11.5. The molecule has 0 unspecified atom stereocenters. The monoisotopic (exact) mass is 344 g/mol. The van der Waals surface area contributed by atoms with Crippen LogP contribution < -0.4 is 11.2 Å². The van der Waals surface area contributed by atoms with Gasteiger partial charge >= 0.3 is 5.69 Å². The fraction of sp³-hybridized carbons (Fsp3) is 0.0500. The number of aromatic nitrogens is 3. The lowest BCUT2D eigenvalue weighted by Crippen LogP contribution is -2.32. The van der Waals surface area contributed by atoms with Crippen molar-refractivity contribution >= 4 is 28.0 Å². The van der Waals surface area contributed by atoms with Gasteiger partial charge in [-0.15, -0.1) is 11.3 Å². The van der Waals surface area contributed by atoms with Crippen molar-refractivity contribution in [2.24, 2.45) is 5.10 Å². The Kier molecular flexibility index (Phi) is 3.85. The molecular formula is C20H16N4O2. The minimum Gasteiger partial charge on any atom is -0.343 e. The number of hydrogen-bond acceptors (Lipinski definition) is 3. The molecule has 0 spiro atoms. The molecular weight excluding hydrogens is 328 g/mol. The Morgan fingerprint density at radius 1 is 1.04 bits per heavy atom. The third kappa shape index (κ3) is 2.57. The zero-order chi connectivity index (χ0) is 18.1. The van der Waals surface area contributed by atoms with Gasteiger partial charge in [0, 0.05) is 29.2 Å². The maximum absolute atomic E-state index is 12.6. The maximum atomic E-state index is 12.6. The lowest BCUT2D eigenvalue weighted by Gasteiger charge is -2.00. The molecule has 0 fully saturated rings. The van der Waals surface area contributed by atoms with Gasteiger partial charge in [-0.1, -0.05) is 36.4 Å². The number of allylic oxidation sites excluding steroid dienone is 1. The highest BCUT2D eigenvalue weighted by Gasteiger charge is 2.08. The molecule has 0 saturated carbocycles. The summed E-state index contributed by atoms with van der Waals surface area (Å²) in [7, 11) is 0. The van der Waals surface area contributed by atoms with E-state index in [0.29, 0.717) is 17.4 Å². The first-order valence-corrected chi connectivity index (χ1v) is 8.16. The van der Waals surface area contributed by atoms with Crippen LogP contribution in [0.3, 0.4) is 0 Å². The van der Waals surface area contributed by atoms with E-state index < -0.39 is 11.2 Å². The van der Waals surface area contributed by atoms with E-state index in [1.165, 1.54) is 6.21 Å². The van der Waals surface area contributed by atoms with Crippen LogP contribution in [0, 0.1) is 0 Å². The molecule has 26 heavy (non-hydrogen) atoms. The van der Waals surface area contributed by atoms with Crippen LogP contribution in [0.2, 0.25) is 0 Å². The van der Waals surface area contributed by atoms with Crippen molar-refractivity contribution in [1.29, 1.82) is 0 Å². The Bertz CT molecular complexity index is 1270. The van der Waals surface area contributed by atoms with Gasteiger partial charge in [-0.25, -0.2) is 4.79 Å². The predicted molar refractivity (Wildman–Crippen MR) is 104 cm³/mol. The SMILES string of the molecule is C=CCn1cc(C=Nn2c(=O)[nH]c3ccccc3c2=O)c2ccccc21. The Labute approximate surface area is 148 Å². The van der Waals surface area contributed by atoms with E-state index in [0.717, 1.165) is 21.1 Å². The number of para-hydroxylation sites is 2. The summed E-state index contributed by atoms with van der Waals surface area (Å²) in [6, 6.07) is 14.7. The molecule has 4 aromatic rings. The van der Waals surface area contributed by atoms with Gasteiger partial charge in [0.05, 0.1) is 17.1 Å². The molecule has 2 heterocycles. The molecule has 0 saturated heterocycles. The van der Waals surface area contributed by atoms with Crippen LogP contribution in [0.4, 0.5) is 0 Å². The molecule has 0 bridgehead atoms.